The lowest BCUT2D eigenvalue weighted by Gasteiger charge is -2.21. The molecule has 1 N–H and O–H groups in total. The number of nitrogens with one attached hydrogen (secondary N) is 1. The fourth-order valence-electron chi connectivity index (χ4n) is 2.40. The third kappa shape index (κ3) is 3.65. The third-order valence-electron chi connectivity index (χ3n) is 3.65. The van der Waals surface area contributed by atoms with E-state index in [1.807, 2.05) is 13.8 Å². The minimum absolute atomic E-state index is 0.670. The summed E-state index contributed by atoms with van der Waals surface area (Å²) in [6, 6.07) is 0. The van der Waals surface area contributed by atoms with Crippen LogP contribution in [0.5, 0.6) is 0 Å². The summed E-state index contributed by atoms with van der Waals surface area (Å²) in [5, 5.41) is 11.4. The van der Waals surface area contributed by atoms with Crippen molar-refractivity contribution in [2.24, 2.45) is 5.92 Å². The molecule has 94 valence electrons. The summed E-state index contributed by atoms with van der Waals surface area (Å²) in [5.41, 5.74) is 1.86. The Kier molecular flexibility index (Phi) is 4.29. The van der Waals surface area contributed by atoms with E-state index in [4.69, 9.17) is 0 Å². The van der Waals surface area contributed by atoms with Crippen molar-refractivity contribution in [3.05, 3.63) is 11.4 Å². The summed E-state index contributed by atoms with van der Waals surface area (Å²) in [6.07, 6.45) is 8.27. The Bertz CT molecular complexity index is 358. The Morgan fingerprint density at radius 3 is 2.53 bits per heavy atom. The molecule has 1 aliphatic carbocycles. The van der Waals surface area contributed by atoms with Crippen molar-refractivity contribution >= 4 is 5.95 Å². The van der Waals surface area contributed by atoms with E-state index in [1.165, 1.54) is 38.5 Å². The van der Waals surface area contributed by atoms with Gasteiger partial charge in [0, 0.05) is 6.54 Å². The number of aromatic nitrogens is 3. The molecule has 0 bridgehead atoms. The van der Waals surface area contributed by atoms with Crippen LogP contribution < -0.4 is 5.32 Å². The second-order valence-electron chi connectivity index (χ2n) is 5.03. The minimum Gasteiger partial charge on any atom is -0.353 e. The van der Waals surface area contributed by atoms with E-state index in [9.17, 15) is 0 Å². The van der Waals surface area contributed by atoms with Crippen LogP contribution in [0.2, 0.25) is 0 Å². The standard InChI is InChI=1S/C13H22N4/c1-10-11(2)16-17-13(15-10)14-9-8-12-6-4-3-5-7-12/h12H,3-9H2,1-2H3,(H,14,15,17). The Morgan fingerprint density at radius 1 is 1.06 bits per heavy atom. The highest BCUT2D eigenvalue weighted by molar-refractivity contribution is 5.24. The highest BCUT2D eigenvalue weighted by Crippen LogP contribution is 2.25. The lowest BCUT2D eigenvalue weighted by atomic mass is 9.87. The van der Waals surface area contributed by atoms with Gasteiger partial charge in [0.25, 0.3) is 0 Å². The van der Waals surface area contributed by atoms with E-state index in [0.29, 0.717) is 5.95 Å². The van der Waals surface area contributed by atoms with Crippen LogP contribution in [0.25, 0.3) is 0 Å². The fraction of sp³-hybridized carbons (Fsp3) is 0.769. The SMILES string of the molecule is Cc1nnc(NCCC2CCCCC2)nc1C. The highest BCUT2D eigenvalue weighted by Gasteiger charge is 2.12. The van der Waals surface area contributed by atoms with E-state index in [1.54, 1.807) is 0 Å². The first-order chi connectivity index (χ1) is 8.25. The number of aryl methyl sites for hydroxylation is 2. The highest BCUT2D eigenvalue weighted by atomic mass is 15.2. The van der Waals surface area contributed by atoms with Crippen molar-refractivity contribution in [2.75, 3.05) is 11.9 Å². The zero-order valence-corrected chi connectivity index (χ0v) is 10.9. The predicted octanol–water partition coefficient (Wildman–Crippen LogP) is 2.87. The molecule has 1 heterocycles. The molecule has 0 atom stereocenters. The summed E-state index contributed by atoms with van der Waals surface area (Å²) in [7, 11) is 0. The normalized spacial score (nSPS) is 17.1. The van der Waals surface area contributed by atoms with Crippen LogP contribution in [0.1, 0.15) is 49.9 Å². The van der Waals surface area contributed by atoms with Crippen LogP contribution in [0.15, 0.2) is 0 Å². The number of anilines is 1. The molecule has 1 fully saturated rings. The average Bonchev–Trinajstić information content (AvgIpc) is 2.35. The van der Waals surface area contributed by atoms with Gasteiger partial charge in [-0.2, -0.15) is 5.10 Å². The van der Waals surface area contributed by atoms with Crippen LogP contribution in [-0.4, -0.2) is 21.7 Å². The summed E-state index contributed by atoms with van der Waals surface area (Å²) in [6.45, 7) is 4.87. The minimum atomic E-state index is 0.670. The molecule has 17 heavy (non-hydrogen) atoms. The molecule has 2 rings (SSSR count). The van der Waals surface area contributed by atoms with Crippen molar-refractivity contribution in [3.63, 3.8) is 0 Å². The first kappa shape index (κ1) is 12.3. The molecule has 0 aromatic carbocycles. The van der Waals surface area contributed by atoms with Gasteiger partial charge in [0.15, 0.2) is 0 Å². The Morgan fingerprint density at radius 2 is 1.82 bits per heavy atom. The monoisotopic (exact) mass is 234 g/mol. The van der Waals surface area contributed by atoms with Crippen molar-refractivity contribution in [2.45, 2.75) is 52.4 Å². The maximum absolute atomic E-state index is 4.37. The second kappa shape index (κ2) is 5.94. The van der Waals surface area contributed by atoms with Crippen LogP contribution in [0.3, 0.4) is 0 Å². The molecule has 4 nitrogen and oxygen atoms in total. The van der Waals surface area contributed by atoms with Gasteiger partial charge in [0.05, 0.1) is 11.4 Å². The average molecular weight is 234 g/mol. The molecular formula is C13H22N4. The van der Waals surface area contributed by atoms with Crippen LogP contribution in [0.4, 0.5) is 5.95 Å². The number of rotatable bonds is 4. The van der Waals surface area contributed by atoms with E-state index in [-0.39, 0.29) is 0 Å². The van der Waals surface area contributed by atoms with Gasteiger partial charge in [-0.1, -0.05) is 32.1 Å². The predicted molar refractivity (Wildman–Crippen MR) is 69.0 cm³/mol. The summed E-state index contributed by atoms with van der Waals surface area (Å²) < 4.78 is 0. The molecule has 1 aromatic rings. The van der Waals surface area contributed by atoms with E-state index < -0.39 is 0 Å². The van der Waals surface area contributed by atoms with E-state index >= 15 is 0 Å². The maximum atomic E-state index is 4.37. The number of nitrogens with zero attached hydrogens (tertiary/aromatic N) is 3. The van der Waals surface area contributed by atoms with Gasteiger partial charge in [0.1, 0.15) is 0 Å². The molecule has 1 aromatic heterocycles. The lowest BCUT2D eigenvalue weighted by Crippen LogP contribution is -2.14. The largest absolute Gasteiger partial charge is 0.353 e. The third-order valence-corrected chi connectivity index (χ3v) is 3.65. The quantitative estimate of drug-likeness (QED) is 0.870. The van der Waals surface area contributed by atoms with Gasteiger partial charge in [0.2, 0.25) is 5.95 Å². The van der Waals surface area contributed by atoms with Crippen molar-refractivity contribution < 1.29 is 0 Å². The molecule has 1 aliphatic rings. The van der Waals surface area contributed by atoms with Crippen LogP contribution in [0, 0.1) is 19.8 Å². The Hall–Kier alpha value is -1.19. The number of hydrogen-bond acceptors (Lipinski definition) is 4. The first-order valence-corrected chi connectivity index (χ1v) is 6.67. The smallest absolute Gasteiger partial charge is 0.242 e. The molecule has 1 saturated carbocycles. The molecule has 0 aliphatic heterocycles. The first-order valence-electron chi connectivity index (χ1n) is 6.67. The van der Waals surface area contributed by atoms with Crippen molar-refractivity contribution in [1.29, 1.82) is 0 Å². The number of hydrogen-bond donors (Lipinski definition) is 1. The zero-order valence-electron chi connectivity index (χ0n) is 10.9. The topological polar surface area (TPSA) is 50.7 Å². The van der Waals surface area contributed by atoms with Crippen LogP contribution >= 0.6 is 0 Å². The van der Waals surface area contributed by atoms with Crippen molar-refractivity contribution in [3.8, 4) is 0 Å². The van der Waals surface area contributed by atoms with Gasteiger partial charge in [-0.3, -0.25) is 0 Å². The summed E-state index contributed by atoms with van der Waals surface area (Å²) >= 11 is 0. The van der Waals surface area contributed by atoms with E-state index in [2.05, 4.69) is 20.5 Å². The van der Waals surface area contributed by atoms with Gasteiger partial charge in [-0.15, -0.1) is 5.10 Å². The summed E-state index contributed by atoms with van der Waals surface area (Å²) in [5.74, 6) is 1.57. The lowest BCUT2D eigenvalue weighted by molar-refractivity contribution is 0.345. The molecule has 0 spiro atoms. The molecule has 4 heteroatoms. The zero-order chi connectivity index (χ0) is 12.1. The fourth-order valence-corrected chi connectivity index (χ4v) is 2.40. The van der Waals surface area contributed by atoms with Gasteiger partial charge < -0.3 is 5.32 Å². The van der Waals surface area contributed by atoms with Crippen molar-refractivity contribution in [1.82, 2.24) is 15.2 Å². The van der Waals surface area contributed by atoms with Gasteiger partial charge >= 0.3 is 0 Å². The molecular weight excluding hydrogens is 212 g/mol. The van der Waals surface area contributed by atoms with E-state index in [0.717, 1.165) is 23.9 Å². The molecule has 0 radical (unpaired) electrons. The van der Waals surface area contributed by atoms with Gasteiger partial charge in [-0.05, 0) is 26.2 Å². The van der Waals surface area contributed by atoms with Gasteiger partial charge in [-0.25, -0.2) is 4.98 Å². The molecule has 0 amide bonds. The second-order valence-corrected chi connectivity index (χ2v) is 5.03. The Labute approximate surface area is 103 Å². The molecule has 0 unspecified atom stereocenters. The van der Waals surface area contributed by atoms with Crippen LogP contribution in [-0.2, 0) is 0 Å². The summed E-state index contributed by atoms with van der Waals surface area (Å²) in [4.78, 5) is 4.37. The molecule has 0 saturated heterocycles. The maximum Gasteiger partial charge on any atom is 0.242 e. The Balaban J connectivity index is 1.75.